The van der Waals surface area contributed by atoms with Crippen molar-refractivity contribution in [2.24, 2.45) is 0 Å². The van der Waals surface area contributed by atoms with Crippen molar-refractivity contribution in [3.05, 3.63) is 64.7 Å². The van der Waals surface area contributed by atoms with Crippen LogP contribution in [0.1, 0.15) is 31.9 Å². The highest BCUT2D eigenvalue weighted by atomic mass is 35.5. The highest BCUT2D eigenvalue weighted by Gasteiger charge is 2.56. The zero-order valence-corrected chi connectivity index (χ0v) is 16.3. The Morgan fingerprint density at radius 3 is 1.78 bits per heavy atom. The number of rotatable bonds is 3. The highest BCUT2D eigenvalue weighted by Crippen LogP contribution is 2.50. The number of halogens is 5. The second-order valence-electron chi connectivity index (χ2n) is 6.95. The van der Waals surface area contributed by atoms with Crippen molar-refractivity contribution in [2.75, 3.05) is 0 Å². The van der Waals surface area contributed by atoms with Crippen LogP contribution in [0.15, 0.2) is 48.5 Å². The summed E-state index contributed by atoms with van der Waals surface area (Å²) in [5.74, 6) is 0.0952. The summed E-state index contributed by atoms with van der Waals surface area (Å²) in [5.41, 5.74) is -0.879. The molecule has 2 aromatic rings. The van der Waals surface area contributed by atoms with Gasteiger partial charge in [-0.2, -0.15) is 13.2 Å². The number of hydrogen-bond acceptors (Lipinski definition) is 2. The number of benzene rings is 2. The van der Waals surface area contributed by atoms with E-state index in [0.717, 1.165) is 0 Å². The molecule has 8 heteroatoms. The monoisotopic (exact) mass is 419 g/mol. The zero-order chi connectivity index (χ0) is 20.5. The number of carbonyl (C=O) groups is 1. The molecular weight excluding hydrogens is 402 g/mol. The molecule has 0 aliphatic carbocycles. The van der Waals surface area contributed by atoms with Crippen molar-refractivity contribution < 1.29 is 22.7 Å². The molecule has 1 amide bonds. The van der Waals surface area contributed by atoms with Gasteiger partial charge in [-0.05, 0) is 56.2 Å². The number of amides is 1. The first-order valence-corrected chi connectivity index (χ1v) is 8.71. The summed E-state index contributed by atoms with van der Waals surface area (Å²) in [7, 11) is 0. The molecule has 1 N–H and O–H groups in total. The second-order valence-corrected chi connectivity index (χ2v) is 7.96. The quantitative estimate of drug-likeness (QED) is 0.595. The van der Waals surface area contributed by atoms with E-state index in [1.165, 1.54) is 48.5 Å². The first kappa shape index (κ1) is 21.4. The van der Waals surface area contributed by atoms with Crippen LogP contribution in [-0.4, -0.2) is 17.8 Å². The average Bonchev–Trinajstić information content (AvgIpc) is 2.52. The summed E-state index contributed by atoms with van der Waals surface area (Å²) >= 11 is 11.8. The van der Waals surface area contributed by atoms with Crippen LogP contribution in [0, 0.1) is 0 Å². The Balaban J connectivity index is 2.33. The van der Waals surface area contributed by atoms with Crippen LogP contribution in [0.3, 0.4) is 0 Å². The van der Waals surface area contributed by atoms with Crippen molar-refractivity contribution >= 4 is 29.3 Å². The minimum Gasteiger partial charge on any atom is -0.410 e. The van der Waals surface area contributed by atoms with Gasteiger partial charge in [0.25, 0.3) is 0 Å². The molecule has 2 aromatic carbocycles. The molecule has 2 rings (SSSR count). The molecule has 0 aromatic heterocycles. The number of alkyl halides is 4. The van der Waals surface area contributed by atoms with Gasteiger partial charge in [0.15, 0.2) is 4.87 Å². The van der Waals surface area contributed by atoms with Gasteiger partial charge in [0.05, 0.1) is 0 Å². The lowest BCUT2D eigenvalue weighted by atomic mass is 9.89. The average molecular weight is 420 g/mol. The predicted molar refractivity (Wildman–Crippen MR) is 99.5 cm³/mol. The van der Waals surface area contributed by atoms with Crippen LogP contribution in [0.25, 0.3) is 0 Å². The topological polar surface area (TPSA) is 38.3 Å². The highest BCUT2D eigenvalue weighted by molar-refractivity contribution is 6.30. The minimum atomic E-state index is -4.77. The van der Waals surface area contributed by atoms with Gasteiger partial charge >= 0.3 is 12.3 Å². The molecular formula is C19H18Cl2F3NO2. The molecule has 1 atom stereocenters. The van der Waals surface area contributed by atoms with Gasteiger partial charge in [0, 0.05) is 10.6 Å². The van der Waals surface area contributed by atoms with Crippen molar-refractivity contribution in [2.45, 2.75) is 37.4 Å². The van der Waals surface area contributed by atoms with Gasteiger partial charge in [-0.3, -0.25) is 0 Å². The third-order valence-electron chi connectivity index (χ3n) is 3.57. The van der Waals surface area contributed by atoms with Crippen LogP contribution in [0.5, 0.6) is 5.75 Å². The minimum absolute atomic E-state index is 0.0952. The van der Waals surface area contributed by atoms with E-state index in [0.29, 0.717) is 5.02 Å². The smallest absolute Gasteiger partial charge is 0.410 e. The third-order valence-corrected chi connectivity index (χ3v) is 4.48. The number of carbonyl (C=O) groups excluding carboxylic acids is 1. The van der Waals surface area contributed by atoms with Crippen molar-refractivity contribution in [1.82, 2.24) is 5.32 Å². The molecule has 0 radical (unpaired) electrons. The standard InChI is InChI=1S/C19H18Cl2F3NO2/c1-17(2,3)25-16(26)27-15-10-6-13(7-11-15)18(21,19(22,23)24)12-4-8-14(20)9-5-12/h4-11H,1-3H3,(H,25,26). The van der Waals surface area contributed by atoms with Crippen molar-refractivity contribution in [3.63, 3.8) is 0 Å². The van der Waals surface area contributed by atoms with Crippen LogP contribution >= 0.6 is 23.2 Å². The van der Waals surface area contributed by atoms with Gasteiger partial charge in [-0.15, -0.1) is 0 Å². The fourth-order valence-electron chi connectivity index (χ4n) is 2.36. The molecule has 3 nitrogen and oxygen atoms in total. The molecule has 0 aliphatic rings. The summed E-state index contributed by atoms with van der Waals surface area (Å²) in [5, 5.41) is 2.89. The van der Waals surface area contributed by atoms with E-state index < -0.39 is 22.7 Å². The molecule has 146 valence electrons. The Bertz CT molecular complexity index is 800. The number of ether oxygens (including phenoxy) is 1. The maximum Gasteiger partial charge on any atom is 0.415 e. The van der Waals surface area contributed by atoms with E-state index in [2.05, 4.69) is 5.32 Å². The largest absolute Gasteiger partial charge is 0.415 e. The van der Waals surface area contributed by atoms with E-state index in [1.807, 2.05) is 0 Å². The molecule has 0 saturated heterocycles. The summed E-state index contributed by atoms with van der Waals surface area (Å²) in [6.45, 7) is 5.32. The Hall–Kier alpha value is -1.92. The fourth-order valence-corrected chi connectivity index (χ4v) is 2.74. The maximum atomic E-state index is 13.8. The fraction of sp³-hybridized carbons (Fsp3) is 0.316. The summed E-state index contributed by atoms with van der Waals surface area (Å²) < 4.78 is 46.5. The van der Waals surface area contributed by atoms with Crippen LogP contribution < -0.4 is 10.1 Å². The Kier molecular flexibility index (Phi) is 6.02. The molecule has 0 spiro atoms. The van der Waals surface area contributed by atoms with Crippen molar-refractivity contribution in [3.8, 4) is 5.75 Å². The van der Waals surface area contributed by atoms with E-state index in [1.54, 1.807) is 20.8 Å². The Labute approximate surface area is 165 Å². The van der Waals surface area contributed by atoms with Gasteiger partial charge in [-0.1, -0.05) is 47.5 Å². The van der Waals surface area contributed by atoms with Gasteiger partial charge in [-0.25, -0.2) is 4.79 Å². The van der Waals surface area contributed by atoms with Gasteiger partial charge in [0.1, 0.15) is 5.75 Å². The Morgan fingerprint density at radius 2 is 1.37 bits per heavy atom. The lowest BCUT2D eigenvalue weighted by molar-refractivity contribution is -0.154. The first-order chi connectivity index (χ1) is 12.3. The van der Waals surface area contributed by atoms with E-state index in [4.69, 9.17) is 27.9 Å². The van der Waals surface area contributed by atoms with E-state index >= 15 is 0 Å². The lowest BCUT2D eigenvalue weighted by Crippen LogP contribution is -2.42. The molecule has 0 aliphatic heterocycles. The second kappa shape index (κ2) is 7.60. The predicted octanol–water partition coefficient (Wildman–Crippen LogP) is 6.27. The Morgan fingerprint density at radius 1 is 0.926 bits per heavy atom. The normalized spacial score (nSPS) is 14.4. The number of nitrogens with one attached hydrogen (secondary N) is 1. The molecule has 0 fully saturated rings. The molecule has 0 bridgehead atoms. The molecule has 0 heterocycles. The van der Waals surface area contributed by atoms with Gasteiger partial charge in [0.2, 0.25) is 0 Å². The zero-order valence-electron chi connectivity index (χ0n) is 14.8. The third kappa shape index (κ3) is 5.08. The summed E-state index contributed by atoms with van der Waals surface area (Å²) in [6.07, 6.45) is -5.48. The van der Waals surface area contributed by atoms with Crippen LogP contribution in [0.2, 0.25) is 5.02 Å². The van der Waals surface area contributed by atoms with E-state index in [-0.39, 0.29) is 16.9 Å². The van der Waals surface area contributed by atoms with Crippen LogP contribution in [-0.2, 0) is 4.87 Å². The molecule has 1 unspecified atom stereocenters. The lowest BCUT2D eigenvalue weighted by Gasteiger charge is -2.30. The molecule has 27 heavy (non-hydrogen) atoms. The van der Waals surface area contributed by atoms with E-state index in [9.17, 15) is 18.0 Å². The summed E-state index contributed by atoms with van der Waals surface area (Å²) in [6, 6.07) is 10.0. The summed E-state index contributed by atoms with van der Waals surface area (Å²) in [4.78, 5) is 9.01. The van der Waals surface area contributed by atoms with Gasteiger partial charge < -0.3 is 10.1 Å². The molecule has 0 saturated carbocycles. The van der Waals surface area contributed by atoms with Crippen LogP contribution in [0.4, 0.5) is 18.0 Å². The number of hydrogen-bond donors (Lipinski definition) is 1. The SMILES string of the molecule is CC(C)(C)NC(=O)Oc1ccc(C(Cl)(c2ccc(Cl)cc2)C(F)(F)F)cc1. The maximum absolute atomic E-state index is 13.8. The van der Waals surface area contributed by atoms with Crippen molar-refractivity contribution in [1.29, 1.82) is 0 Å². The first-order valence-electron chi connectivity index (χ1n) is 7.95.